The third-order valence-electron chi connectivity index (χ3n) is 5.38. The molecule has 148 valence electrons. The Morgan fingerprint density at radius 2 is 1.55 bits per heavy atom. The summed E-state index contributed by atoms with van der Waals surface area (Å²) >= 11 is 0. The second kappa shape index (κ2) is 8.78. The normalized spacial score (nSPS) is 14.6. The van der Waals surface area contributed by atoms with E-state index in [1.807, 2.05) is 65.6 Å². The van der Waals surface area contributed by atoms with Crippen LogP contribution in [0.5, 0.6) is 0 Å². The number of piperidine rings is 1. The second-order valence-electron chi connectivity index (χ2n) is 7.29. The van der Waals surface area contributed by atoms with E-state index in [1.165, 1.54) is 6.26 Å². The topological polar surface area (TPSA) is 53.8 Å². The van der Waals surface area contributed by atoms with Crippen molar-refractivity contribution in [1.82, 2.24) is 4.90 Å². The zero-order valence-electron chi connectivity index (χ0n) is 16.2. The fourth-order valence-electron chi connectivity index (χ4n) is 3.78. The van der Waals surface area contributed by atoms with E-state index in [-0.39, 0.29) is 17.7 Å². The number of furan rings is 1. The van der Waals surface area contributed by atoms with Crippen molar-refractivity contribution < 1.29 is 14.0 Å². The van der Waals surface area contributed by atoms with Crippen LogP contribution in [0, 0.1) is 5.92 Å². The highest BCUT2D eigenvalue weighted by atomic mass is 16.3. The van der Waals surface area contributed by atoms with Crippen molar-refractivity contribution in [3.63, 3.8) is 0 Å². The molecule has 1 aliphatic heterocycles. The van der Waals surface area contributed by atoms with Crippen molar-refractivity contribution in [2.75, 3.05) is 18.0 Å². The summed E-state index contributed by atoms with van der Waals surface area (Å²) in [5.41, 5.74) is 1.99. The molecule has 29 heavy (non-hydrogen) atoms. The average Bonchev–Trinajstić information content (AvgIpc) is 3.33. The molecule has 5 heteroatoms. The Hall–Kier alpha value is -3.34. The predicted molar refractivity (Wildman–Crippen MR) is 111 cm³/mol. The lowest BCUT2D eigenvalue weighted by Gasteiger charge is -2.34. The summed E-state index contributed by atoms with van der Waals surface area (Å²) in [5.74, 6) is 0.264. The first kappa shape index (κ1) is 19.0. The second-order valence-corrected chi connectivity index (χ2v) is 7.29. The number of benzene rings is 2. The van der Waals surface area contributed by atoms with Gasteiger partial charge in [0.15, 0.2) is 5.76 Å². The highest BCUT2D eigenvalue weighted by Crippen LogP contribution is 2.26. The highest BCUT2D eigenvalue weighted by molar-refractivity contribution is 5.95. The molecule has 2 amide bonds. The van der Waals surface area contributed by atoms with Crippen LogP contribution in [0.2, 0.25) is 0 Å². The van der Waals surface area contributed by atoms with Crippen LogP contribution >= 0.6 is 0 Å². The third-order valence-corrected chi connectivity index (χ3v) is 5.38. The molecule has 1 saturated heterocycles. The van der Waals surface area contributed by atoms with Crippen LogP contribution in [0.4, 0.5) is 5.69 Å². The van der Waals surface area contributed by atoms with Crippen LogP contribution in [0.25, 0.3) is 0 Å². The number of likely N-dealkylation sites (tertiary alicyclic amines) is 1. The van der Waals surface area contributed by atoms with E-state index in [0.717, 1.165) is 11.3 Å². The Labute approximate surface area is 170 Å². The molecule has 4 rings (SSSR count). The van der Waals surface area contributed by atoms with Gasteiger partial charge in [-0.3, -0.25) is 9.59 Å². The minimum atomic E-state index is -0.106. The van der Waals surface area contributed by atoms with E-state index < -0.39 is 0 Å². The number of nitrogens with zero attached hydrogens (tertiary/aromatic N) is 2. The van der Waals surface area contributed by atoms with Crippen molar-refractivity contribution in [2.24, 2.45) is 5.92 Å². The number of carbonyl (C=O) groups is 2. The maximum Gasteiger partial charge on any atom is 0.289 e. The molecule has 0 saturated carbocycles. The summed E-state index contributed by atoms with van der Waals surface area (Å²) in [6.07, 6.45) is 2.82. The summed E-state index contributed by atoms with van der Waals surface area (Å²) in [4.78, 5) is 29.5. The van der Waals surface area contributed by atoms with E-state index in [1.54, 1.807) is 17.0 Å². The van der Waals surface area contributed by atoms with Crippen molar-refractivity contribution in [1.29, 1.82) is 0 Å². The lowest BCUT2D eigenvalue weighted by atomic mass is 9.94. The molecule has 3 aromatic rings. The monoisotopic (exact) mass is 388 g/mol. The van der Waals surface area contributed by atoms with Crippen molar-refractivity contribution in [3.8, 4) is 0 Å². The van der Waals surface area contributed by atoms with Gasteiger partial charge in [-0.2, -0.15) is 0 Å². The first-order valence-electron chi connectivity index (χ1n) is 9.95. The molecule has 0 spiro atoms. The molecule has 0 radical (unpaired) electrons. The van der Waals surface area contributed by atoms with Gasteiger partial charge in [0.1, 0.15) is 0 Å². The number of rotatable bonds is 5. The van der Waals surface area contributed by atoms with E-state index >= 15 is 0 Å². The van der Waals surface area contributed by atoms with Gasteiger partial charge >= 0.3 is 0 Å². The highest BCUT2D eigenvalue weighted by Gasteiger charge is 2.31. The van der Waals surface area contributed by atoms with Crippen LogP contribution in [0.3, 0.4) is 0 Å². The Bertz CT molecular complexity index is 931. The maximum absolute atomic E-state index is 13.4. The number of amides is 2. The van der Waals surface area contributed by atoms with Crippen molar-refractivity contribution in [2.45, 2.75) is 19.4 Å². The van der Waals surface area contributed by atoms with Crippen LogP contribution < -0.4 is 4.90 Å². The molecule has 0 aliphatic carbocycles. The lowest BCUT2D eigenvalue weighted by Crippen LogP contribution is -2.44. The van der Waals surface area contributed by atoms with Crippen molar-refractivity contribution >= 4 is 17.5 Å². The summed E-state index contributed by atoms with van der Waals surface area (Å²) in [5, 5.41) is 0. The van der Waals surface area contributed by atoms with Gasteiger partial charge in [0, 0.05) is 24.7 Å². The Morgan fingerprint density at radius 3 is 2.17 bits per heavy atom. The molecule has 0 unspecified atom stereocenters. The Kier molecular flexibility index (Phi) is 5.75. The SMILES string of the molecule is O=C(c1ccco1)N1CCC(C(=O)N(Cc2ccccc2)c2ccccc2)CC1. The zero-order chi connectivity index (χ0) is 20.1. The summed E-state index contributed by atoms with van der Waals surface area (Å²) in [6, 6.07) is 23.2. The molecular formula is C24H24N2O3. The van der Waals surface area contributed by atoms with Gasteiger partial charge in [0.05, 0.1) is 12.8 Å². The van der Waals surface area contributed by atoms with Gasteiger partial charge in [-0.05, 0) is 42.7 Å². The number of carbonyl (C=O) groups excluding carboxylic acids is 2. The van der Waals surface area contributed by atoms with Gasteiger partial charge in [0.25, 0.3) is 5.91 Å². The number of hydrogen-bond acceptors (Lipinski definition) is 3. The molecule has 0 N–H and O–H groups in total. The first-order valence-corrected chi connectivity index (χ1v) is 9.95. The minimum absolute atomic E-state index is 0.0976. The van der Waals surface area contributed by atoms with E-state index in [4.69, 9.17) is 4.42 Å². The first-order chi connectivity index (χ1) is 14.2. The van der Waals surface area contributed by atoms with Gasteiger partial charge in [-0.25, -0.2) is 0 Å². The largest absolute Gasteiger partial charge is 0.459 e. The molecular weight excluding hydrogens is 364 g/mol. The molecule has 2 aromatic carbocycles. The van der Waals surface area contributed by atoms with Gasteiger partial charge < -0.3 is 14.2 Å². The molecule has 0 atom stereocenters. The van der Waals surface area contributed by atoms with Crippen LogP contribution in [0.15, 0.2) is 83.5 Å². The van der Waals surface area contributed by atoms with Gasteiger partial charge in [-0.1, -0.05) is 48.5 Å². The average molecular weight is 388 g/mol. The Morgan fingerprint density at radius 1 is 0.897 bits per heavy atom. The van der Waals surface area contributed by atoms with Crippen molar-refractivity contribution in [3.05, 3.63) is 90.4 Å². The predicted octanol–water partition coefficient (Wildman–Crippen LogP) is 4.37. The minimum Gasteiger partial charge on any atom is -0.459 e. The molecule has 5 nitrogen and oxygen atoms in total. The van der Waals surface area contributed by atoms with E-state index in [9.17, 15) is 9.59 Å². The Balaban J connectivity index is 1.46. The third kappa shape index (κ3) is 4.40. The number of para-hydroxylation sites is 1. The fourth-order valence-corrected chi connectivity index (χ4v) is 3.78. The number of hydrogen-bond donors (Lipinski definition) is 0. The molecule has 2 heterocycles. The maximum atomic E-state index is 13.4. The van der Waals surface area contributed by atoms with Gasteiger partial charge in [0.2, 0.25) is 5.91 Å². The summed E-state index contributed by atoms with van der Waals surface area (Å²) in [6.45, 7) is 1.66. The quantitative estimate of drug-likeness (QED) is 0.652. The summed E-state index contributed by atoms with van der Waals surface area (Å²) < 4.78 is 5.22. The van der Waals surface area contributed by atoms with E-state index in [0.29, 0.717) is 38.2 Å². The van der Waals surface area contributed by atoms with E-state index in [2.05, 4.69) is 0 Å². The smallest absolute Gasteiger partial charge is 0.289 e. The molecule has 0 bridgehead atoms. The van der Waals surface area contributed by atoms with Gasteiger partial charge in [-0.15, -0.1) is 0 Å². The van der Waals surface area contributed by atoms with Crippen LogP contribution in [-0.2, 0) is 11.3 Å². The lowest BCUT2D eigenvalue weighted by molar-refractivity contribution is -0.123. The molecule has 1 fully saturated rings. The molecule has 1 aromatic heterocycles. The zero-order valence-corrected chi connectivity index (χ0v) is 16.2. The number of anilines is 1. The van der Waals surface area contributed by atoms with Crippen LogP contribution in [0.1, 0.15) is 29.0 Å². The fraction of sp³-hybridized carbons (Fsp3) is 0.250. The standard InChI is InChI=1S/C24H24N2O3/c27-23(20-13-15-25(16-14-20)24(28)22-12-7-17-29-22)26(21-10-5-2-6-11-21)18-19-8-3-1-4-9-19/h1-12,17,20H,13-16,18H2. The molecule has 1 aliphatic rings. The summed E-state index contributed by atoms with van der Waals surface area (Å²) in [7, 11) is 0. The van der Waals surface area contributed by atoms with Crippen LogP contribution in [-0.4, -0.2) is 29.8 Å².